The summed E-state index contributed by atoms with van der Waals surface area (Å²) in [6.07, 6.45) is 3.74. The summed E-state index contributed by atoms with van der Waals surface area (Å²) in [4.78, 5) is 3.01. The van der Waals surface area contributed by atoms with Gasteiger partial charge in [-0.15, -0.1) is 0 Å². The van der Waals surface area contributed by atoms with Crippen molar-refractivity contribution >= 4 is 23.2 Å². The van der Waals surface area contributed by atoms with Crippen molar-refractivity contribution < 1.29 is 0 Å². The van der Waals surface area contributed by atoms with Crippen LogP contribution in [-0.2, 0) is 6.54 Å². The fraction of sp³-hybridized carbons (Fsp3) is 0.0909. The van der Waals surface area contributed by atoms with Gasteiger partial charge in [0.25, 0.3) is 0 Å². The van der Waals surface area contributed by atoms with Gasteiger partial charge in [0.15, 0.2) is 0 Å². The lowest BCUT2D eigenvalue weighted by atomic mass is 10.0. The van der Waals surface area contributed by atoms with Crippen molar-refractivity contribution in [2.24, 2.45) is 5.73 Å². The maximum atomic E-state index is 6.13. The van der Waals surface area contributed by atoms with Crippen LogP contribution in [0.1, 0.15) is 5.56 Å². The Morgan fingerprint density at radius 1 is 1.13 bits per heavy atom. The second-order valence-electron chi connectivity index (χ2n) is 3.20. The molecule has 0 aliphatic heterocycles. The van der Waals surface area contributed by atoms with Crippen molar-refractivity contribution in [2.45, 2.75) is 6.54 Å². The number of nitrogens with two attached hydrogens (primary N) is 1. The van der Waals surface area contributed by atoms with Gasteiger partial charge >= 0.3 is 0 Å². The molecular formula is C11H10Cl2N2. The van der Waals surface area contributed by atoms with E-state index in [4.69, 9.17) is 28.9 Å². The molecular weight excluding hydrogens is 231 g/mol. The van der Waals surface area contributed by atoms with Crippen molar-refractivity contribution in [1.29, 1.82) is 0 Å². The summed E-state index contributed by atoms with van der Waals surface area (Å²) < 4.78 is 0. The van der Waals surface area contributed by atoms with Crippen molar-refractivity contribution in [1.82, 2.24) is 4.98 Å². The lowest BCUT2D eigenvalue weighted by Crippen LogP contribution is -1.96. The minimum atomic E-state index is 0.474. The second-order valence-corrected chi connectivity index (χ2v) is 3.98. The van der Waals surface area contributed by atoms with Gasteiger partial charge in [-0.1, -0.05) is 35.3 Å². The lowest BCUT2D eigenvalue weighted by molar-refractivity contribution is 1.08. The molecule has 0 aliphatic rings. The highest BCUT2D eigenvalue weighted by molar-refractivity contribution is 6.43. The first-order valence-electron chi connectivity index (χ1n) is 4.54. The van der Waals surface area contributed by atoms with Gasteiger partial charge in [0.05, 0.1) is 10.0 Å². The predicted molar refractivity (Wildman–Crippen MR) is 64.1 cm³/mol. The van der Waals surface area contributed by atoms with E-state index < -0.39 is 0 Å². The van der Waals surface area contributed by atoms with Gasteiger partial charge in [-0.05, 0) is 11.6 Å². The first kappa shape index (κ1) is 10.6. The third-order valence-electron chi connectivity index (χ3n) is 2.29. The molecule has 0 unspecified atom stereocenters. The summed E-state index contributed by atoms with van der Waals surface area (Å²) in [5, 5.41) is 1.12. The quantitative estimate of drug-likeness (QED) is 0.830. The van der Waals surface area contributed by atoms with Crippen LogP contribution in [0.25, 0.3) is 11.1 Å². The maximum absolute atomic E-state index is 6.13. The van der Waals surface area contributed by atoms with Crippen molar-refractivity contribution in [3.8, 4) is 11.1 Å². The van der Waals surface area contributed by atoms with Crippen molar-refractivity contribution in [3.05, 3.63) is 46.2 Å². The molecule has 0 spiro atoms. The van der Waals surface area contributed by atoms with Crippen LogP contribution in [0.5, 0.6) is 0 Å². The Balaban J connectivity index is 2.59. The average Bonchev–Trinajstić information content (AvgIpc) is 2.70. The average molecular weight is 241 g/mol. The summed E-state index contributed by atoms with van der Waals surface area (Å²) >= 11 is 12.1. The molecule has 3 N–H and O–H groups in total. The van der Waals surface area contributed by atoms with Crippen molar-refractivity contribution in [2.75, 3.05) is 0 Å². The molecule has 1 heterocycles. The standard InChI is InChI=1S/C11H10Cl2N2/c12-10-3-1-2-8(11(10)13)9-6-15-5-7(9)4-14/h1-3,5-6,15H,4,14H2. The van der Waals surface area contributed by atoms with E-state index >= 15 is 0 Å². The number of rotatable bonds is 2. The number of aromatic amines is 1. The highest BCUT2D eigenvalue weighted by atomic mass is 35.5. The molecule has 0 saturated heterocycles. The molecule has 0 atom stereocenters. The first-order valence-corrected chi connectivity index (χ1v) is 5.29. The van der Waals surface area contributed by atoms with Crippen LogP contribution in [0.4, 0.5) is 0 Å². The zero-order chi connectivity index (χ0) is 10.8. The Labute approximate surface area is 98.0 Å². The Morgan fingerprint density at radius 2 is 1.93 bits per heavy atom. The number of H-pyrrole nitrogens is 1. The molecule has 15 heavy (non-hydrogen) atoms. The fourth-order valence-corrected chi connectivity index (χ4v) is 1.93. The molecule has 2 nitrogen and oxygen atoms in total. The molecule has 1 aromatic carbocycles. The molecule has 0 amide bonds. The molecule has 2 aromatic rings. The smallest absolute Gasteiger partial charge is 0.0671 e. The van der Waals surface area contributed by atoms with Gasteiger partial charge in [-0.25, -0.2) is 0 Å². The largest absolute Gasteiger partial charge is 0.367 e. The van der Waals surface area contributed by atoms with Crippen LogP contribution in [0.2, 0.25) is 10.0 Å². The molecule has 2 rings (SSSR count). The van der Waals surface area contributed by atoms with Gasteiger partial charge in [-0.2, -0.15) is 0 Å². The number of benzene rings is 1. The maximum Gasteiger partial charge on any atom is 0.0671 e. The SMILES string of the molecule is NCc1c[nH]cc1-c1cccc(Cl)c1Cl. The van der Waals surface area contributed by atoms with E-state index in [1.165, 1.54) is 0 Å². The van der Waals surface area contributed by atoms with E-state index in [1.54, 1.807) is 6.07 Å². The Hall–Kier alpha value is -0.960. The zero-order valence-corrected chi connectivity index (χ0v) is 9.44. The van der Waals surface area contributed by atoms with Crippen LogP contribution < -0.4 is 5.73 Å². The molecule has 0 saturated carbocycles. The van der Waals surface area contributed by atoms with Gasteiger partial charge in [0.2, 0.25) is 0 Å². The van der Waals surface area contributed by atoms with Crippen molar-refractivity contribution in [3.63, 3.8) is 0 Å². The summed E-state index contributed by atoms with van der Waals surface area (Å²) in [5.74, 6) is 0. The number of hydrogen-bond acceptors (Lipinski definition) is 1. The molecule has 78 valence electrons. The minimum absolute atomic E-state index is 0.474. The molecule has 1 aromatic heterocycles. The first-order chi connectivity index (χ1) is 7.24. The Morgan fingerprint density at radius 3 is 2.67 bits per heavy atom. The highest BCUT2D eigenvalue weighted by Crippen LogP contribution is 2.34. The van der Waals surface area contributed by atoms with E-state index in [-0.39, 0.29) is 0 Å². The van der Waals surface area contributed by atoms with Crippen LogP contribution in [0.15, 0.2) is 30.6 Å². The third kappa shape index (κ3) is 1.88. The fourth-order valence-electron chi connectivity index (χ4n) is 1.53. The lowest BCUT2D eigenvalue weighted by Gasteiger charge is -2.05. The Bertz CT molecular complexity index is 477. The van der Waals surface area contributed by atoms with E-state index in [9.17, 15) is 0 Å². The second kappa shape index (κ2) is 4.27. The highest BCUT2D eigenvalue weighted by Gasteiger charge is 2.10. The van der Waals surface area contributed by atoms with E-state index in [1.807, 2.05) is 24.5 Å². The number of hydrogen-bond donors (Lipinski definition) is 2. The normalized spacial score (nSPS) is 10.6. The topological polar surface area (TPSA) is 41.8 Å². The Kier molecular flexibility index (Phi) is 3.00. The van der Waals surface area contributed by atoms with Gasteiger partial charge < -0.3 is 10.7 Å². The van der Waals surface area contributed by atoms with E-state index in [0.29, 0.717) is 16.6 Å². The van der Waals surface area contributed by atoms with Crippen LogP contribution in [0, 0.1) is 0 Å². The van der Waals surface area contributed by atoms with Gasteiger partial charge in [0.1, 0.15) is 0 Å². The molecule has 0 aliphatic carbocycles. The zero-order valence-electron chi connectivity index (χ0n) is 7.93. The summed E-state index contributed by atoms with van der Waals surface area (Å²) in [7, 11) is 0. The summed E-state index contributed by atoms with van der Waals surface area (Å²) in [6.45, 7) is 0.474. The molecule has 4 heteroatoms. The van der Waals surface area contributed by atoms with Crippen LogP contribution in [0.3, 0.4) is 0 Å². The van der Waals surface area contributed by atoms with Crippen LogP contribution >= 0.6 is 23.2 Å². The number of aromatic nitrogens is 1. The van der Waals surface area contributed by atoms with E-state index in [0.717, 1.165) is 16.7 Å². The number of halogens is 2. The van der Waals surface area contributed by atoms with Gasteiger partial charge in [0, 0.05) is 30.1 Å². The van der Waals surface area contributed by atoms with Gasteiger partial charge in [-0.3, -0.25) is 0 Å². The monoisotopic (exact) mass is 240 g/mol. The molecule has 0 bridgehead atoms. The molecule has 0 fully saturated rings. The third-order valence-corrected chi connectivity index (χ3v) is 3.11. The summed E-state index contributed by atoms with van der Waals surface area (Å²) in [6, 6.07) is 5.57. The molecule has 0 radical (unpaired) electrons. The number of nitrogens with one attached hydrogen (secondary N) is 1. The minimum Gasteiger partial charge on any atom is -0.367 e. The van der Waals surface area contributed by atoms with E-state index in [2.05, 4.69) is 4.98 Å². The predicted octanol–water partition coefficient (Wildman–Crippen LogP) is 3.45. The van der Waals surface area contributed by atoms with Crippen LogP contribution in [-0.4, -0.2) is 4.98 Å². The summed E-state index contributed by atoms with van der Waals surface area (Å²) in [5.41, 5.74) is 8.56.